The Morgan fingerprint density at radius 3 is 2.60 bits per heavy atom. The lowest BCUT2D eigenvalue weighted by atomic mass is 9.78. The van der Waals surface area contributed by atoms with Crippen LogP contribution in [0, 0.1) is 5.41 Å². The van der Waals surface area contributed by atoms with Gasteiger partial charge in [-0.15, -0.1) is 0 Å². The summed E-state index contributed by atoms with van der Waals surface area (Å²) in [5, 5.41) is 8.52. The zero-order valence-electron chi connectivity index (χ0n) is 15.5. The van der Waals surface area contributed by atoms with Crippen LogP contribution in [0.2, 0.25) is 0 Å². The third-order valence-electron chi connectivity index (χ3n) is 4.85. The van der Waals surface area contributed by atoms with Gasteiger partial charge in [0.15, 0.2) is 5.96 Å². The first-order valence-corrected chi connectivity index (χ1v) is 10.4. The van der Waals surface area contributed by atoms with Crippen LogP contribution in [0.5, 0.6) is 0 Å². The summed E-state index contributed by atoms with van der Waals surface area (Å²) in [6.07, 6.45) is 4.88. The van der Waals surface area contributed by atoms with E-state index in [9.17, 15) is 8.42 Å². The fourth-order valence-corrected chi connectivity index (χ4v) is 4.13. The van der Waals surface area contributed by atoms with Crippen LogP contribution in [0.15, 0.2) is 34.2 Å². The highest BCUT2D eigenvalue weighted by atomic mass is 32.2. The number of guanidine groups is 1. The van der Waals surface area contributed by atoms with Crippen molar-refractivity contribution in [3.63, 3.8) is 0 Å². The van der Waals surface area contributed by atoms with Crippen molar-refractivity contribution in [1.82, 2.24) is 10.2 Å². The van der Waals surface area contributed by atoms with Crippen LogP contribution in [0.25, 0.3) is 0 Å². The summed E-state index contributed by atoms with van der Waals surface area (Å²) in [7, 11) is -1.84. The first-order chi connectivity index (χ1) is 11.8. The molecule has 0 radical (unpaired) electrons. The largest absolute Gasteiger partial charge is 0.352 e. The van der Waals surface area contributed by atoms with Crippen LogP contribution < -0.4 is 10.5 Å². The van der Waals surface area contributed by atoms with Gasteiger partial charge in [-0.25, -0.2) is 13.6 Å². The lowest BCUT2D eigenvalue weighted by Crippen LogP contribution is -2.49. The summed E-state index contributed by atoms with van der Waals surface area (Å²) < 4.78 is 22.6. The molecule has 1 aromatic rings. The van der Waals surface area contributed by atoms with Gasteiger partial charge < -0.3 is 10.2 Å². The number of aliphatic imine (C=N–C) groups is 1. The van der Waals surface area contributed by atoms with Crippen LogP contribution >= 0.6 is 0 Å². The fraction of sp³-hybridized carbons (Fsp3) is 0.611. The van der Waals surface area contributed by atoms with Gasteiger partial charge in [-0.2, -0.15) is 0 Å². The van der Waals surface area contributed by atoms with E-state index in [1.807, 2.05) is 0 Å². The molecule has 1 atom stereocenters. The van der Waals surface area contributed by atoms with Crippen molar-refractivity contribution in [3.05, 3.63) is 29.8 Å². The number of sulfonamides is 1. The number of nitrogens with zero attached hydrogens (tertiary/aromatic N) is 2. The maximum atomic E-state index is 11.3. The molecule has 25 heavy (non-hydrogen) atoms. The molecule has 1 heterocycles. The third kappa shape index (κ3) is 5.44. The molecular weight excluding hydrogens is 336 g/mol. The Morgan fingerprint density at radius 2 is 2.04 bits per heavy atom. The topological polar surface area (TPSA) is 87.8 Å². The molecule has 1 aromatic carbocycles. The predicted octanol–water partition coefficient (Wildman–Crippen LogP) is 2.31. The maximum absolute atomic E-state index is 11.3. The smallest absolute Gasteiger partial charge is 0.238 e. The number of hydrogen-bond donors (Lipinski definition) is 2. The Morgan fingerprint density at radius 1 is 1.36 bits per heavy atom. The van der Waals surface area contributed by atoms with Crippen molar-refractivity contribution in [2.45, 2.75) is 51.0 Å². The molecular formula is C18H30N4O2S. The molecule has 140 valence electrons. The quantitative estimate of drug-likeness (QED) is 0.618. The molecule has 6 nitrogen and oxygen atoms in total. The lowest BCUT2D eigenvalue weighted by molar-refractivity contribution is 0.142. The van der Waals surface area contributed by atoms with Gasteiger partial charge in [-0.1, -0.05) is 32.4 Å². The van der Waals surface area contributed by atoms with Gasteiger partial charge in [0.2, 0.25) is 10.0 Å². The van der Waals surface area contributed by atoms with Crippen molar-refractivity contribution in [2.24, 2.45) is 15.5 Å². The number of rotatable bonds is 5. The summed E-state index contributed by atoms with van der Waals surface area (Å²) >= 11 is 0. The second-order valence-electron chi connectivity index (χ2n) is 7.18. The van der Waals surface area contributed by atoms with Crippen molar-refractivity contribution >= 4 is 16.0 Å². The van der Waals surface area contributed by atoms with Gasteiger partial charge in [0.1, 0.15) is 0 Å². The first kappa shape index (κ1) is 19.7. The number of likely N-dealkylation sites (tertiary alicyclic amines) is 1. The van der Waals surface area contributed by atoms with E-state index in [1.165, 1.54) is 37.8 Å². The average Bonchev–Trinajstić information content (AvgIpc) is 2.55. The normalized spacial score (nSPS) is 22.1. The minimum atomic E-state index is -3.64. The number of benzene rings is 1. The minimum Gasteiger partial charge on any atom is -0.352 e. The Labute approximate surface area is 151 Å². The van der Waals surface area contributed by atoms with Gasteiger partial charge in [0, 0.05) is 26.7 Å². The molecule has 2 rings (SSSR count). The Balaban J connectivity index is 1.98. The highest BCUT2D eigenvalue weighted by molar-refractivity contribution is 7.89. The fourth-order valence-electron chi connectivity index (χ4n) is 3.61. The molecule has 0 amide bonds. The number of nitrogens with one attached hydrogen (secondary N) is 1. The molecule has 1 unspecified atom stereocenters. The number of piperidine rings is 1. The minimum absolute atomic E-state index is 0.131. The van der Waals surface area contributed by atoms with E-state index in [1.54, 1.807) is 19.2 Å². The zero-order chi connectivity index (χ0) is 18.5. The van der Waals surface area contributed by atoms with E-state index < -0.39 is 10.0 Å². The molecule has 1 aliphatic heterocycles. The Bertz CT molecular complexity index is 696. The Hall–Kier alpha value is -1.60. The van der Waals surface area contributed by atoms with Crippen LogP contribution in [0.3, 0.4) is 0 Å². The summed E-state index contributed by atoms with van der Waals surface area (Å²) in [6, 6.07) is 6.62. The number of hydrogen-bond acceptors (Lipinski definition) is 3. The van der Waals surface area contributed by atoms with E-state index in [0.29, 0.717) is 12.0 Å². The molecule has 3 N–H and O–H groups in total. The molecule has 1 aliphatic rings. The third-order valence-corrected chi connectivity index (χ3v) is 5.78. The van der Waals surface area contributed by atoms with Crippen molar-refractivity contribution in [3.8, 4) is 0 Å². The van der Waals surface area contributed by atoms with E-state index in [2.05, 4.69) is 29.1 Å². The molecule has 7 heteroatoms. The monoisotopic (exact) mass is 366 g/mol. The van der Waals surface area contributed by atoms with E-state index in [-0.39, 0.29) is 4.90 Å². The van der Waals surface area contributed by atoms with Crippen molar-refractivity contribution < 1.29 is 8.42 Å². The second kappa shape index (κ2) is 8.19. The van der Waals surface area contributed by atoms with E-state index in [4.69, 9.17) is 5.14 Å². The van der Waals surface area contributed by atoms with Crippen LogP contribution in [-0.4, -0.2) is 39.4 Å². The molecule has 0 bridgehead atoms. The summed E-state index contributed by atoms with van der Waals surface area (Å²) in [5.41, 5.74) is 1.34. The van der Waals surface area contributed by atoms with Crippen LogP contribution in [0.1, 0.15) is 45.1 Å². The highest BCUT2D eigenvalue weighted by Gasteiger charge is 2.31. The van der Waals surface area contributed by atoms with E-state index >= 15 is 0 Å². The van der Waals surface area contributed by atoms with Gasteiger partial charge in [0.25, 0.3) is 0 Å². The van der Waals surface area contributed by atoms with Gasteiger partial charge in [0.05, 0.1) is 4.90 Å². The number of primary sulfonamides is 1. The standard InChI is InChI=1S/C18H30N4O2S/c1-4-10-18(2)11-5-12-22(14-18)17(20-3)21-13-15-6-8-16(9-7-15)25(19,23)24/h6-9H,4-5,10-14H2,1-3H3,(H,20,21)(H2,19,23,24). The van der Waals surface area contributed by atoms with Gasteiger partial charge in [-0.05, 0) is 42.4 Å². The van der Waals surface area contributed by atoms with Crippen LogP contribution in [0.4, 0.5) is 0 Å². The SMILES string of the molecule is CCCC1(C)CCCN(C(=NC)NCc2ccc(S(N)(=O)=O)cc2)C1. The molecule has 0 spiro atoms. The van der Waals surface area contributed by atoms with Gasteiger partial charge in [-0.3, -0.25) is 4.99 Å². The van der Waals surface area contributed by atoms with Crippen molar-refractivity contribution in [2.75, 3.05) is 20.1 Å². The summed E-state index contributed by atoms with van der Waals surface area (Å²) in [4.78, 5) is 6.89. The average molecular weight is 367 g/mol. The van der Waals surface area contributed by atoms with Crippen molar-refractivity contribution in [1.29, 1.82) is 0 Å². The van der Waals surface area contributed by atoms with Gasteiger partial charge >= 0.3 is 0 Å². The maximum Gasteiger partial charge on any atom is 0.238 e. The Kier molecular flexibility index (Phi) is 6.46. The second-order valence-corrected chi connectivity index (χ2v) is 8.74. The number of nitrogens with two attached hydrogens (primary N) is 1. The molecule has 0 aromatic heterocycles. The highest BCUT2D eigenvalue weighted by Crippen LogP contribution is 2.33. The lowest BCUT2D eigenvalue weighted by Gasteiger charge is -2.42. The first-order valence-electron chi connectivity index (χ1n) is 8.85. The van der Waals surface area contributed by atoms with Crippen LogP contribution in [-0.2, 0) is 16.6 Å². The summed E-state index contributed by atoms with van der Waals surface area (Å²) in [5.74, 6) is 0.901. The zero-order valence-corrected chi connectivity index (χ0v) is 16.3. The summed E-state index contributed by atoms with van der Waals surface area (Å²) in [6.45, 7) is 7.23. The van der Waals surface area contributed by atoms with E-state index in [0.717, 1.165) is 24.6 Å². The predicted molar refractivity (Wildman–Crippen MR) is 102 cm³/mol. The molecule has 0 saturated carbocycles. The molecule has 1 saturated heterocycles. The molecule has 0 aliphatic carbocycles. The molecule has 1 fully saturated rings.